The molecule has 0 aliphatic carbocycles. The van der Waals surface area contributed by atoms with Crippen molar-refractivity contribution in [2.24, 2.45) is 5.92 Å². The number of hydrogen-bond acceptors (Lipinski definition) is 0. The van der Waals surface area contributed by atoms with E-state index >= 15 is 0 Å². The zero-order valence-corrected chi connectivity index (χ0v) is 11.2. The largest absolute Gasteiger partial charge is 0.0925 e. The van der Waals surface area contributed by atoms with Gasteiger partial charge in [0, 0.05) is 9.80 Å². The van der Waals surface area contributed by atoms with Gasteiger partial charge in [0.15, 0.2) is 0 Å². The first-order valence-electron chi connectivity index (χ1n) is 4.44. The first kappa shape index (κ1) is 11.3. The second-order valence-electron chi connectivity index (χ2n) is 3.53. The minimum absolute atomic E-state index is 0.702. The highest BCUT2D eigenvalue weighted by Crippen LogP contribution is 2.19. The van der Waals surface area contributed by atoms with Gasteiger partial charge in [-0.15, -0.1) is 0 Å². The molecule has 0 saturated carbocycles. The summed E-state index contributed by atoms with van der Waals surface area (Å²) in [4.78, 5) is 0. The number of halogens is 2. The second kappa shape index (κ2) is 5.16. The Morgan fingerprint density at radius 3 is 2.69 bits per heavy atom. The molecule has 0 radical (unpaired) electrons. The summed E-state index contributed by atoms with van der Waals surface area (Å²) >= 11 is 7.00. The van der Waals surface area contributed by atoms with Crippen LogP contribution in [-0.2, 0) is 6.42 Å². The summed E-state index contributed by atoms with van der Waals surface area (Å²) in [6.07, 6.45) is 1.15. The molecular formula is C11H14Br2. The van der Waals surface area contributed by atoms with Crippen LogP contribution in [0, 0.1) is 12.8 Å². The van der Waals surface area contributed by atoms with Crippen LogP contribution >= 0.6 is 31.9 Å². The van der Waals surface area contributed by atoms with Crippen molar-refractivity contribution in [3.05, 3.63) is 33.8 Å². The highest BCUT2D eigenvalue weighted by molar-refractivity contribution is 9.10. The molecule has 13 heavy (non-hydrogen) atoms. The lowest BCUT2D eigenvalue weighted by Crippen LogP contribution is -2.02. The summed E-state index contributed by atoms with van der Waals surface area (Å²) in [5.74, 6) is 0.702. The average Bonchev–Trinajstić information content (AvgIpc) is 2.11. The van der Waals surface area contributed by atoms with Gasteiger partial charge in [-0.1, -0.05) is 44.8 Å². The molecule has 0 bridgehead atoms. The van der Waals surface area contributed by atoms with Crippen LogP contribution in [0.15, 0.2) is 22.7 Å². The lowest BCUT2D eigenvalue weighted by Gasteiger charge is -2.10. The van der Waals surface area contributed by atoms with Crippen molar-refractivity contribution in [2.75, 3.05) is 5.33 Å². The van der Waals surface area contributed by atoms with Crippen LogP contribution in [0.1, 0.15) is 18.1 Å². The van der Waals surface area contributed by atoms with Gasteiger partial charge in [-0.05, 0) is 42.5 Å². The third-order valence-corrected chi connectivity index (χ3v) is 3.74. The van der Waals surface area contributed by atoms with E-state index in [1.54, 1.807) is 0 Å². The van der Waals surface area contributed by atoms with E-state index in [2.05, 4.69) is 63.9 Å². The average molecular weight is 306 g/mol. The van der Waals surface area contributed by atoms with E-state index in [9.17, 15) is 0 Å². The molecule has 0 spiro atoms. The molecule has 72 valence electrons. The fraction of sp³-hybridized carbons (Fsp3) is 0.455. The number of benzene rings is 1. The first-order valence-corrected chi connectivity index (χ1v) is 6.36. The van der Waals surface area contributed by atoms with E-state index in [0.29, 0.717) is 5.92 Å². The molecule has 1 aromatic carbocycles. The zero-order valence-electron chi connectivity index (χ0n) is 7.98. The smallest absolute Gasteiger partial charge is 0.0178 e. The molecule has 0 aromatic heterocycles. The summed E-state index contributed by atoms with van der Waals surface area (Å²) in [6.45, 7) is 4.43. The minimum atomic E-state index is 0.702. The predicted molar refractivity (Wildman–Crippen MR) is 65.5 cm³/mol. The van der Waals surface area contributed by atoms with Crippen LogP contribution in [0.2, 0.25) is 0 Å². The summed E-state index contributed by atoms with van der Waals surface area (Å²) < 4.78 is 1.18. The number of rotatable bonds is 3. The van der Waals surface area contributed by atoms with E-state index in [1.165, 1.54) is 15.6 Å². The van der Waals surface area contributed by atoms with Crippen molar-refractivity contribution in [1.29, 1.82) is 0 Å². The molecule has 0 amide bonds. The highest BCUT2D eigenvalue weighted by Gasteiger charge is 2.04. The van der Waals surface area contributed by atoms with Crippen LogP contribution in [0.3, 0.4) is 0 Å². The summed E-state index contributed by atoms with van der Waals surface area (Å²) in [6, 6.07) is 6.48. The topological polar surface area (TPSA) is 0 Å². The lowest BCUT2D eigenvalue weighted by atomic mass is 9.99. The van der Waals surface area contributed by atoms with Crippen LogP contribution in [0.5, 0.6) is 0 Å². The molecule has 2 heteroatoms. The van der Waals surface area contributed by atoms with E-state index in [1.807, 2.05) is 0 Å². The van der Waals surface area contributed by atoms with Crippen molar-refractivity contribution in [1.82, 2.24) is 0 Å². The Hall–Kier alpha value is 0.180. The standard InChI is InChI=1S/C11H14Br2/c1-8(7-12)5-10-6-11(13)4-3-9(10)2/h3-4,6,8H,5,7H2,1-2H3. The van der Waals surface area contributed by atoms with Gasteiger partial charge in [0.1, 0.15) is 0 Å². The Morgan fingerprint density at radius 2 is 2.08 bits per heavy atom. The third-order valence-electron chi connectivity index (χ3n) is 2.14. The van der Waals surface area contributed by atoms with Crippen LogP contribution < -0.4 is 0 Å². The fourth-order valence-electron chi connectivity index (χ4n) is 1.29. The van der Waals surface area contributed by atoms with Gasteiger partial charge in [0.25, 0.3) is 0 Å². The lowest BCUT2D eigenvalue weighted by molar-refractivity contribution is 0.660. The number of aryl methyl sites for hydroxylation is 1. The Labute approximate surface area is 97.0 Å². The maximum atomic E-state index is 3.50. The molecule has 0 fully saturated rings. The Bertz CT molecular complexity index is 281. The SMILES string of the molecule is Cc1ccc(Br)cc1CC(C)CBr. The first-order chi connectivity index (χ1) is 6.13. The summed E-state index contributed by atoms with van der Waals surface area (Å²) in [5.41, 5.74) is 2.83. The van der Waals surface area contributed by atoms with E-state index in [4.69, 9.17) is 0 Å². The van der Waals surface area contributed by atoms with Crippen LogP contribution in [0.25, 0.3) is 0 Å². The molecule has 1 atom stereocenters. The maximum absolute atomic E-state index is 3.50. The molecule has 0 nitrogen and oxygen atoms in total. The maximum Gasteiger partial charge on any atom is 0.0178 e. The number of alkyl halides is 1. The zero-order chi connectivity index (χ0) is 9.84. The fourth-order valence-corrected chi connectivity index (χ4v) is 1.93. The quantitative estimate of drug-likeness (QED) is 0.729. The van der Waals surface area contributed by atoms with E-state index < -0.39 is 0 Å². The van der Waals surface area contributed by atoms with Gasteiger partial charge in [-0.25, -0.2) is 0 Å². The molecule has 1 unspecified atom stereocenters. The normalized spacial score (nSPS) is 12.9. The third kappa shape index (κ3) is 3.43. The highest BCUT2D eigenvalue weighted by atomic mass is 79.9. The monoisotopic (exact) mass is 304 g/mol. The Balaban J connectivity index is 2.81. The van der Waals surface area contributed by atoms with Gasteiger partial charge in [-0.2, -0.15) is 0 Å². The van der Waals surface area contributed by atoms with E-state index in [0.717, 1.165) is 11.8 Å². The molecular weight excluding hydrogens is 292 g/mol. The molecule has 0 saturated heterocycles. The van der Waals surface area contributed by atoms with Gasteiger partial charge >= 0.3 is 0 Å². The van der Waals surface area contributed by atoms with Crippen molar-refractivity contribution >= 4 is 31.9 Å². The molecule has 0 heterocycles. The molecule has 0 aliphatic rings. The van der Waals surface area contributed by atoms with Crippen LogP contribution in [0.4, 0.5) is 0 Å². The number of hydrogen-bond donors (Lipinski definition) is 0. The molecule has 1 aromatic rings. The summed E-state index contributed by atoms with van der Waals surface area (Å²) in [7, 11) is 0. The van der Waals surface area contributed by atoms with Gasteiger partial charge < -0.3 is 0 Å². The molecule has 0 N–H and O–H groups in total. The van der Waals surface area contributed by atoms with Gasteiger partial charge in [0.05, 0.1) is 0 Å². The Morgan fingerprint density at radius 1 is 1.38 bits per heavy atom. The Kier molecular flexibility index (Phi) is 4.47. The molecule has 1 rings (SSSR count). The van der Waals surface area contributed by atoms with Crippen molar-refractivity contribution in [3.63, 3.8) is 0 Å². The molecule has 0 aliphatic heterocycles. The summed E-state index contributed by atoms with van der Waals surface area (Å²) in [5, 5.41) is 1.07. The van der Waals surface area contributed by atoms with Gasteiger partial charge in [-0.3, -0.25) is 0 Å². The predicted octanol–water partition coefficient (Wildman–Crippen LogP) is 4.33. The van der Waals surface area contributed by atoms with Crippen molar-refractivity contribution in [3.8, 4) is 0 Å². The van der Waals surface area contributed by atoms with Crippen molar-refractivity contribution < 1.29 is 0 Å². The van der Waals surface area contributed by atoms with E-state index in [-0.39, 0.29) is 0 Å². The van der Waals surface area contributed by atoms with Crippen LogP contribution in [-0.4, -0.2) is 5.33 Å². The van der Waals surface area contributed by atoms with Gasteiger partial charge in [0.2, 0.25) is 0 Å². The second-order valence-corrected chi connectivity index (χ2v) is 5.10. The van der Waals surface area contributed by atoms with Crippen molar-refractivity contribution in [2.45, 2.75) is 20.3 Å². The minimum Gasteiger partial charge on any atom is -0.0925 e.